The molecule has 0 unspecified atom stereocenters. The molecule has 1 aliphatic rings. The second-order valence-corrected chi connectivity index (χ2v) is 11.2. The summed E-state index contributed by atoms with van der Waals surface area (Å²) in [5.41, 5.74) is -1.64. The minimum Gasteiger partial charge on any atom is -0.480 e. The molecule has 0 aromatic heterocycles. The standard InChI is InChI=1S/C26H43N3O10/c1-14(13-36-16(3)30)19(34-10)20-15(2)17(12-18(37-20)21(31)35-11)27-22(28-23(32)38-25(4,5)6)29-24(33)39-26(7,8)9/h12,14-15,17,19-20H,13H2,1-11H3,(H2,27,28,29,32,33)/t14-,15-,17+,19-,20-/m1/s1. The van der Waals surface area contributed by atoms with Gasteiger partial charge in [0.2, 0.25) is 11.7 Å². The van der Waals surface area contributed by atoms with Crippen molar-refractivity contribution < 1.29 is 47.6 Å². The molecule has 5 atom stereocenters. The van der Waals surface area contributed by atoms with Crippen LogP contribution in [0, 0.1) is 11.8 Å². The topological polar surface area (TPSA) is 160 Å². The molecule has 0 bridgehead atoms. The van der Waals surface area contributed by atoms with Crippen LogP contribution in [0.2, 0.25) is 0 Å². The monoisotopic (exact) mass is 557 g/mol. The third kappa shape index (κ3) is 11.9. The van der Waals surface area contributed by atoms with Crippen molar-refractivity contribution in [2.24, 2.45) is 16.8 Å². The largest absolute Gasteiger partial charge is 0.480 e. The van der Waals surface area contributed by atoms with Crippen molar-refractivity contribution in [1.82, 2.24) is 10.6 Å². The summed E-state index contributed by atoms with van der Waals surface area (Å²) in [4.78, 5) is 53.4. The van der Waals surface area contributed by atoms with E-state index in [1.54, 1.807) is 55.4 Å². The highest BCUT2D eigenvalue weighted by molar-refractivity contribution is 6.01. The second-order valence-electron chi connectivity index (χ2n) is 11.2. The van der Waals surface area contributed by atoms with Crippen LogP contribution >= 0.6 is 0 Å². The number of amides is 2. The maximum atomic E-state index is 12.5. The molecule has 1 heterocycles. The number of carbonyl (C=O) groups excluding carboxylic acids is 4. The molecule has 2 N–H and O–H groups in total. The van der Waals surface area contributed by atoms with Gasteiger partial charge in [-0.2, -0.15) is 0 Å². The van der Waals surface area contributed by atoms with Crippen molar-refractivity contribution in [2.45, 2.75) is 91.8 Å². The Labute approximate surface area is 229 Å². The Hall–Kier alpha value is -3.35. The Morgan fingerprint density at radius 2 is 1.51 bits per heavy atom. The molecule has 2 amide bonds. The number of rotatable bonds is 7. The number of methoxy groups -OCH3 is 2. The van der Waals surface area contributed by atoms with Gasteiger partial charge in [-0.3, -0.25) is 15.4 Å². The maximum Gasteiger partial charge on any atom is 0.414 e. The van der Waals surface area contributed by atoms with Crippen LogP contribution in [0.15, 0.2) is 16.8 Å². The molecule has 13 nitrogen and oxygen atoms in total. The van der Waals surface area contributed by atoms with E-state index >= 15 is 0 Å². The predicted octanol–water partition coefficient (Wildman–Crippen LogP) is 3.07. The fraction of sp³-hybridized carbons (Fsp3) is 0.731. The number of esters is 2. The van der Waals surface area contributed by atoms with Crippen molar-refractivity contribution >= 4 is 30.1 Å². The maximum absolute atomic E-state index is 12.5. The average molecular weight is 558 g/mol. The van der Waals surface area contributed by atoms with Crippen LogP contribution in [-0.2, 0) is 38.0 Å². The molecule has 0 spiro atoms. The first-order chi connectivity index (χ1) is 17.9. The lowest BCUT2D eigenvalue weighted by atomic mass is 9.85. The summed E-state index contributed by atoms with van der Waals surface area (Å²) in [5.74, 6) is -2.39. The Kier molecular flexibility index (Phi) is 12.2. The van der Waals surface area contributed by atoms with Crippen LogP contribution < -0.4 is 10.6 Å². The molecular formula is C26H43N3O10. The third-order valence-corrected chi connectivity index (χ3v) is 5.25. The van der Waals surface area contributed by atoms with E-state index in [-0.39, 0.29) is 24.2 Å². The van der Waals surface area contributed by atoms with E-state index in [1.165, 1.54) is 27.2 Å². The summed E-state index contributed by atoms with van der Waals surface area (Å²) in [7, 11) is 2.67. The van der Waals surface area contributed by atoms with Gasteiger partial charge in [0.05, 0.1) is 19.8 Å². The summed E-state index contributed by atoms with van der Waals surface area (Å²) in [5, 5.41) is 4.86. The summed E-state index contributed by atoms with van der Waals surface area (Å²) >= 11 is 0. The number of hydrogen-bond acceptors (Lipinski definition) is 11. The minimum atomic E-state index is -0.865. The highest BCUT2D eigenvalue weighted by Crippen LogP contribution is 2.32. The molecule has 0 aliphatic carbocycles. The van der Waals surface area contributed by atoms with Gasteiger partial charge in [-0.25, -0.2) is 19.4 Å². The highest BCUT2D eigenvalue weighted by Gasteiger charge is 2.42. The van der Waals surface area contributed by atoms with Gasteiger partial charge in [0.15, 0.2) is 0 Å². The Balaban J connectivity index is 3.46. The zero-order chi connectivity index (χ0) is 30.1. The van der Waals surface area contributed by atoms with Crippen LogP contribution in [0.25, 0.3) is 0 Å². The van der Waals surface area contributed by atoms with Crippen LogP contribution in [-0.4, -0.2) is 80.4 Å². The van der Waals surface area contributed by atoms with E-state index < -0.39 is 59.5 Å². The van der Waals surface area contributed by atoms with Crippen LogP contribution in [0.4, 0.5) is 9.59 Å². The summed E-state index contributed by atoms with van der Waals surface area (Å²) in [6.07, 6.45) is -1.69. The minimum absolute atomic E-state index is 0.0529. The molecule has 13 heteroatoms. The van der Waals surface area contributed by atoms with Gasteiger partial charge < -0.3 is 28.4 Å². The fourth-order valence-electron chi connectivity index (χ4n) is 3.61. The van der Waals surface area contributed by atoms with Gasteiger partial charge in [-0.1, -0.05) is 13.8 Å². The van der Waals surface area contributed by atoms with Gasteiger partial charge in [-0.05, 0) is 47.6 Å². The quantitative estimate of drug-likeness (QED) is 0.206. The van der Waals surface area contributed by atoms with E-state index in [0.29, 0.717) is 0 Å². The Bertz CT molecular complexity index is 917. The van der Waals surface area contributed by atoms with Crippen LogP contribution in [0.3, 0.4) is 0 Å². The molecule has 0 aromatic carbocycles. The lowest BCUT2D eigenvalue weighted by molar-refractivity contribution is -0.151. The van der Waals surface area contributed by atoms with Crippen molar-refractivity contribution in [2.75, 3.05) is 20.8 Å². The smallest absolute Gasteiger partial charge is 0.414 e. The summed E-state index contributed by atoms with van der Waals surface area (Å²) in [6, 6.07) is -0.809. The molecule has 0 saturated carbocycles. The lowest BCUT2D eigenvalue weighted by Crippen LogP contribution is -2.50. The van der Waals surface area contributed by atoms with E-state index in [1.807, 2.05) is 0 Å². The highest BCUT2D eigenvalue weighted by atomic mass is 16.6. The molecule has 0 aromatic rings. The average Bonchev–Trinajstić information content (AvgIpc) is 2.77. The number of hydrogen-bond donors (Lipinski definition) is 2. The molecule has 39 heavy (non-hydrogen) atoms. The second kappa shape index (κ2) is 14.2. The number of carbonyl (C=O) groups is 4. The number of guanidine groups is 1. The third-order valence-electron chi connectivity index (χ3n) is 5.25. The summed E-state index contributed by atoms with van der Waals surface area (Å²) in [6.45, 7) is 15.1. The first-order valence-electron chi connectivity index (χ1n) is 12.6. The van der Waals surface area contributed by atoms with E-state index in [2.05, 4.69) is 15.6 Å². The van der Waals surface area contributed by atoms with Crippen molar-refractivity contribution in [3.8, 4) is 0 Å². The van der Waals surface area contributed by atoms with Gasteiger partial charge >= 0.3 is 24.1 Å². The first-order valence-corrected chi connectivity index (χ1v) is 12.6. The predicted molar refractivity (Wildman–Crippen MR) is 141 cm³/mol. The molecular weight excluding hydrogens is 514 g/mol. The van der Waals surface area contributed by atoms with Crippen LogP contribution in [0.5, 0.6) is 0 Å². The number of alkyl carbamates (subject to hydrolysis) is 2. The zero-order valence-electron chi connectivity index (χ0n) is 24.7. The number of nitrogens with zero attached hydrogens (tertiary/aromatic N) is 1. The molecule has 0 fully saturated rings. The number of nitrogens with one attached hydrogen (secondary N) is 2. The summed E-state index contributed by atoms with van der Waals surface area (Å²) < 4.78 is 32.2. The molecule has 0 radical (unpaired) electrons. The Morgan fingerprint density at radius 3 is 1.92 bits per heavy atom. The van der Waals surface area contributed by atoms with Crippen LogP contribution in [0.1, 0.15) is 62.3 Å². The fourth-order valence-corrected chi connectivity index (χ4v) is 3.61. The lowest BCUT2D eigenvalue weighted by Gasteiger charge is -2.39. The molecule has 1 rings (SSSR count). The van der Waals surface area contributed by atoms with Gasteiger partial charge in [0.25, 0.3) is 0 Å². The van der Waals surface area contributed by atoms with E-state index in [4.69, 9.17) is 28.4 Å². The first kappa shape index (κ1) is 33.7. The molecule has 1 aliphatic heterocycles. The normalized spacial score (nSPS) is 20.7. The number of ether oxygens (including phenoxy) is 6. The number of aliphatic imine (C=N–C) groups is 1. The van der Waals surface area contributed by atoms with E-state index in [0.717, 1.165) is 0 Å². The molecule has 222 valence electrons. The SMILES string of the molecule is COC(=O)C1=C[C@H](N=C(NC(=O)OC(C)(C)C)NC(=O)OC(C)(C)C)[C@@H](C)[C@H]([C@H](OC)[C@H](C)COC(C)=O)O1. The molecule has 0 saturated heterocycles. The Morgan fingerprint density at radius 1 is 1.00 bits per heavy atom. The van der Waals surface area contributed by atoms with Gasteiger partial charge in [-0.15, -0.1) is 0 Å². The van der Waals surface area contributed by atoms with Crippen molar-refractivity contribution in [3.05, 3.63) is 11.8 Å². The van der Waals surface area contributed by atoms with Gasteiger partial charge in [0.1, 0.15) is 23.4 Å². The van der Waals surface area contributed by atoms with E-state index in [9.17, 15) is 19.2 Å². The van der Waals surface area contributed by atoms with Crippen molar-refractivity contribution in [1.29, 1.82) is 0 Å². The van der Waals surface area contributed by atoms with Crippen molar-refractivity contribution in [3.63, 3.8) is 0 Å². The van der Waals surface area contributed by atoms with Gasteiger partial charge in [0, 0.05) is 25.9 Å². The zero-order valence-corrected chi connectivity index (χ0v) is 24.7.